The van der Waals surface area contributed by atoms with Crippen molar-refractivity contribution in [2.75, 3.05) is 26.1 Å². The molecule has 3 aromatic heterocycles. The topological polar surface area (TPSA) is 178 Å². The average Bonchev–Trinajstić information content (AvgIpc) is 3.17. The smallest absolute Gasteiger partial charge is 0.256 e. The lowest BCUT2D eigenvalue weighted by molar-refractivity contribution is 0.104. The summed E-state index contributed by atoms with van der Waals surface area (Å²) in [5.41, 5.74) is 7.09. The molecule has 0 spiro atoms. The number of ether oxygens (including phenoxy) is 5. The van der Waals surface area contributed by atoms with E-state index in [1.807, 2.05) is 67.6 Å². The highest BCUT2D eigenvalue weighted by atomic mass is 32.2. The van der Waals surface area contributed by atoms with Crippen LogP contribution in [0.25, 0.3) is 0 Å². The number of H-pyrrole nitrogens is 1. The second-order valence-electron chi connectivity index (χ2n) is 12.5. The highest BCUT2D eigenvalue weighted by Crippen LogP contribution is 2.27. The average molecular weight is 743 g/mol. The molecule has 0 radical (unpaired) electrons. The molecule has 0 saturated carbocycles. The van der Waals surface area contributed by atoms with Crippen LogP contribution in [0.2, 0.25) is 0 Å². The van der Waals surface area contributed by atoms with Crippen LogP contribution in [0.3, 0.4) is 0 Å². The molecule has 278 valence electrons. The lowest BCUT2D eigenvalue weighted by Crippen LogP contribution is -2.24. The third kappa shape index (κ3) is 10.3. The number of aromatic nitrogens is 6. The van der Waals surface area contributed by atoms with E-state index in [0.717, 1.165) is 65.2 Å². The van der Waals surface area contributed by atoms with Crippen LogP contribution in [0.1, 0.15) is 56.5 Å². The van der Waals surface area contributed by atoms with Crippen LogP contribution in [0.4, 0.5) is 0 Å². The van der Waals surface area contributed by atoms with Crippen molar-refractivity contribution in [3.05, 3.63) is 128 Å². The number of hydrogen-bond donors (Lipinski definition) is 1. The van der Waals surface area contributed by atoms with Gasteiger partial charge in [0.2, 0.25) is 26.8 Å². The van der Waals surface area contributed by atoms with Crippen LogP contribution >= 0.6 is 0 Å². The number of aryl methyl sites for hydroxylation is 2. The van der Waals surface area contributed by atoms with Crippen LogP contribution < -0.4 is 15.0 Å². The fourth-order valence-electron chi connectivity index (χ4n) is 5.73. The van der Waals surface area contributed by atoms with Crippen molar-refractivity contribution in [1.29, 1.82) is 0 Å². The molecule has 3 aliphatic heterocycles. The number of hydrogen-bond acceptors (Lipinski definition) is 13. The summed E-state index contributed by atoms with van der Waals surface area (Å²) in [6.45, 7) is 7.70. The Morgan fingerprint density at radius 1 is 0.642 bits per heavy atom. The van der Waals surface area contributed by atoms with Crippen molar-refractivity contribution in [3.63, 3.8) is 0 Å². The molecule has 15 heteroatoms. The molecule has 0 bridgehead atoms. The van der Waals surface area contributed by atoms with Crippen molar-refractivity contribution in [3.8, 4) is 11.8 Å². The van der Waals surface area contributed by atoms with Gasteiger partial charge in [-0.2, -0.15) is 9.97 Å². The maximum Gasteiger partial charge on any atom is 0.256 e. The second-order valence-corrected chi connectivity index (χ2v) is 14.5. The first-order valence-electron chi connectivity index (χ1n) is 17.3. The molecule has 0 unspecified atom stereocenters. The number of nitrogens with one attached hydrogen (secondary N) is 1. The summed E-state index contributed by atoms with van der Waals surface area (Å²) in [6, 6.07) is 19.7. The van der Waals surface area contributed by atoms with Gasteiger partial charge in [0.1, 0.15) is 24.9 Å². The maximum absolute atomic E-state index is 11.7. The Labute approximate surface area is 307 Å². The van der Waals surface area contributed by atoms with E-state index in [1.54, 1.807) is 6.92 Å². The first-order valence-corrected chi connectivity index (χ1v) is 19.1. The highest BCUT2D eigenvalue weighted by molar-refractivity contribution is 7.90. The summed E-state index contributed by atoms with van der Waals surface area (Å²) in [5, 5.41) is -0.198. The summed E-state index contributed by atoms with van der Waals surface area (Å²) in [5.74, 6) is 2.38. The quantitative estimate of drug-likeness (QED) is 0.236. The van der Waals surface area contributed by atoms with E-state index in [9.17, 15) is 13.2 Å². The molecule has 0 atom stereocenters. The van der Waals surface area contributed by atoms with Crippen LogP contribution in [0, 0.1) is 13.8 Å². The zero-order valence-corrected chi connectivity index (χ0v) is 30.8. The number of aromatic amines is 1. The molecular weight excluding hydrogens is 701 g/mol. The molecule has 0 amide bonds. The lowest BCUT2D eigenvalue weighted by atomic mass is 10.1. The number of rotatable bonds is 7. The largest absolute Gasteiger partial charge is 0.472 e. The second kappa shape index (κ2) is 17.6. The fraction of sp³-hybridized carbons (Fsp3) is 0.368. The fourth-order valence-corrected chi connectivity index (χ4v) is 6.25. The molecule has 14 nitrogen and oxygen atoms in total. The van der Waals surface area contributed by atoms with Crippen molar-refractivity contribution < 1.29 is 32.1 Å². The van der Waals surface area contributed by atoms with Crippen LogP contribution in [-0.2, 0) is 76.3 Å². The van der Waals surface area contributed by atoms with E-state index in [4.69, 9.17) is 23.7 Å². The summed E-state index contributed by atoms with van der Waals surface area (Å²) >= 11 is 0. The zero-order valence-electron chi connectivity index (χ0n) is 30.0. The van der Waals surface area contributed by atoms with E-state index in [0.29, 0.717) is 75.6 Å². The Balaban J connectivity index is 0.000000142. The normalized spacial score (nSPS) is 14.5. The minimum atomic E-state index is -3.48. The van der Waals surface area contributed by atoms with Gasteiger partial charge in [-0.15, -0.1) is 0 Å². The Kier molecular flexibility index (Phi) is 12.5. The van der Waals surface area contributed by atoms with E-state index < -0.39 is 9.84 Å². The van der Waals surface area contributed by atoms with Crippen molar-refractivity contribution in [2.24, 2.45) is 0 Å². The molecule has 3 aliphatic rings. The lowest BCUT2D eigenvalue weighted by Gasteiger charge is -2.19. The SMILES string of the molecule is CS(=O)(=O)c1nc2c(c(OCc3ccccc3)n1)COCC2.Cc1nc2c(c(=O)[nH]1)COCC2.Cc1nc2c(c(OCc3ccccc3)n1)COCC2. The van der Waals surface area contributed by atoms with Crippen molar-refractivity contribution >= 4 is 9.84 Å². The first kappa shape index (κ1) is 37.7. The Bertz CT molecular complexity index is 2180. The van der Waals surface area contributed by atoms with Gasteiger partial charge in [0, 0.05) is 25.5 Å². The van der Waals surface area contributed by atoms with Gasteiger partial charge in [0.15, 0.2) is 0 Å². The van der Waals surface area contributed by atoms with Crippen LogP contribution in [0.5, 0.6) is 11.8 Å². The monoisotopic (exact) mass is 742 g/mol. The molecule has 8 rings (SSSR count). The Morgan fingerprint density at radius 2 is 1.11 bits per heavy atom. The van der Waals surface area contributed by atoms with Crippen molar-refractivity contribution in [1.82, 2.24) is 29.9 Å². The van der Waals surface area contributed by atoms with E-state index in [1.165, 1.54) is 0 Å². The Hall–Kier alpha value is -5.09. The van der Waals surface area contributed by atoms with Crippen LogP contribution in [0.15, 0.2) is 70.6 Å². The van der Waals surface area contributed by atoms with E-state index in [-0.39, 0.29) is 16.6 Å². The predicted molar refractivity (Wildman–Crippen MR) is 193 cm³/mol. The minimum absolute atomic E-state index is 0.0581. The molecule has 53 heavy (non-hydrogen) atoms. The molecule has 5 aromatic rings. The molecule has 0 saturated heterocycles. The zero-order chi connectivity index (χ0) is 37.2. The number of benzene rings is 2. The van der Waals surface area contributed by atoms with Gasteiger partial charge in [-0.05, 0) is 25.0 Å². The molecule has 6 heterocycles. The molecule has 2 aromatic carbocycles. The van der Waals surface area contributed by atoms with E-state index in [2.05, 4.69) is 29.9 Å². The first-order chi connectivity index (χ1) is 25.6. The van der Waals surface area contributed by atoms with Gasteiger partial charge in [-0.1, -0.05) is 60.7 Å². The molecular formula is C38H42N6O8S. The van der Waals surface area contributed by atoms with Crippen molar-refractivity contribution in [2.45, 2.75) is 71.3 Å². The number of fused-ring (bicyclic) bond motifs is 3. The molecule has 0 fully saturated rings. The van der Waals surface area contributed by atoms with Gasteiger partial charge < -0.3 is 28.7 Å². The summed E-state index contributed by atoms with van der Waals surface area (Å²) < 4.78 is 51.1. The standard InChI is InChI=1S/C15H16N2O4S.C15H16N2O2.C8H10N2O2/c1-22(18,19)15-16-13-7-8-20-10-12(13)14(17-15)21-9-11-5-3-2-4-6-11;1-11-16-14-7-8-18-10-13(14)15(17-11)19-9-12-5-3-2-4-6-12;1-5-9-7-2-3-12-4-6(7)8(11)10-5/h2-6H,7-10H2,1H3;2-6H,7-10H2,1H3;2-4H2,1H3,(H,9,10,11). The summed E-state index contributed by atoms with van der Waals surface area (Å²) in [7, 11) is -3.48. The summed E-state index contributed by atoms with van der Waals surface area (Å²) in [4.78, 5) is 35.3. The third-order valence-corrected chi connectivity index (χ3v) is 9.22. The Morgan fingerprint density at radius 3 is 1.64 bits per heavy atom. The van der Waals surface area contributed by atoms with Gasteiger partial charge in [-0.25, -0.2) is 23.4 Å². The number of nitrogens with zero attached hydrogens (tertiary/aromatic N) is 5. The number of sulfone groups is 1. The van der Waals surface area contributed by atoms with E-state index >= 15 is 0 Å². The molecule has 0 aliphatic carbocycles. The van der Waals surface area contributed by atoms with Gasteiger partial charge in [-0.3, -0.25) is 4.79 Å². The van der Waals surface area contributed by atoms with Crippen LogP contribution in [-0.4, -0.2) is 64.4 Å². The highest BCUT2D eigenvalue weighted by Gasteiger charge is 2.23. The third-order valence-electron chi connectivity index (χ3n) is 8.38. The maximum atomic E-state index is 11.7. The predicted octanol–water partition coefficient (Wildman–Crippen LogP) is 4.12. The minimum Gasteiger partial charge on any atom is -0.472 e. The van der Waals surface area contributed by atoms with Gasteiger partial charge in [0.05, 0.1) is 73.4 Å². The molecule has 1 N–H and O–H groups in total. The van der Waals surface area contributed by atoms with Gasteiger partial charge in [0.25, 0.3) is 5.56 Å². The summed E-state index contributed by atoms with van der Waals surface area (Å²) in [6.07, 6.45) is 3.23. The van der Waals surface area contributed by atoms with Gasteiger partial charge >= 0.3 is 0 Å².